The van der Waals surface area contributed by atoms with E-state index in [0.717, 1.165) is 83.7 Å². The van der Waals surface area contributed by atoms with E-state index in [4.69, 9.17) is 9.40 Å². The van der Waals surface area contributed by atoms with E-state index in [9.17, 15) is 0 Å². The zero-order chi connectivity index (χ0) is 35.1. The molecule has 6 nitrogen and oxygen atoms in total. The Morgan fingerprint density at radius 2 is 1.17 bits per heavy atom. The quantitative estimate of drug-likeness (QED) is 0.168. The molecule has 0 radical (unpaired) electrons. The van der Waals surface area contributed by atoms with Crippen molar-refractivity contribution in [1.29, 1.82) is 0 Å². The standard InChI is InChI=1S/C47H31N5O/c1-2-15-36(16-3-1)52-43-23-22-35(30-39(43)47-44(52)31-34-12-4-5-21-42(34)50-47)45-24-25-46(53-45)51(37-17-10-13-32(28-37)40-19-6-8-26-48-40)38-18-11-14-33(29-38)41-20-7-9-27-49-41/h1-31H. The van der Waals surface area contributed by atoms with Crippen molar-refractivity contribution in [3.63, 3.8) is 0 Å². The number of hydrogen-bond acceptors (Lipinski definition) is 5. The molecule has 5 heterocycles. The molecule has 0 aliphatic rings. The van der Waals surface area contributed by atoms with Crippen LogP contribution >= 0.6 is 0 Å². The number of para-hydroxylation sites is 2. The normalized spacial score (nSPS) is 11.4. The summed E-state index contributed by atoms with van der Waals surface area (Å²) in [7, 11) is 0. The Bertz CT molecular complexity index is 2820. The highest BCUT2D eigenvalue weighted by molar-refractivity contribution is 6.11. The van der Waals surface area contributed by atoms with Gasteiger partial charge in [-0.15, -0.1) is 0 Å². The van der Waals surface area contributed by atoms with E-state index in [1.54, 1.807) is 0 Å². The van der Waals surface area contributed by atoms with Gasteiger partial charge in [0, 0.05) is 63.0 Å². The molecule has 10 aromatic rings. The van der Waals surface area contributed by atoms with Gasteiger partial charge < -0.3 is 8.98 Å². The number of aromatic nitrogens is 4. The molecule has 0 N–H and O–H groups in total. The second kappa shape index (κ2) is 12.8. The minimum Gasteiger partial charge on any atom is -0.440 e. The van der Waals surface area contributed by atoms with Crippen LogP contribution in [0.3, 0.4) is 0 Å². The number of nitrogens with zero attached hydrogens (tertiary/aromatic N) is 5. The van der Waals surface area contributed by atoms with Crippen LogP contribution < -0.4 is 4.90 Å². The zero-order valence-electron chi connectivity index (χ0n) is 28.5. The predicted octanol–water partition coefficient (Wildman–Crippen LogP) is 12.2. The second-order valence-electron chi connectivity index (χ2n) is 13.0. The molecule has 10 rings (SSSR count). The Kier molecular flexibility index (Phi) is 7.36. The fraction of sp³-hybridized carbons (Fsp3) is 0. The summed E-state index contributed by atoms with van der Waals surface area (Å²) in [5.74, 6) is 1.45. The molecular weight excluding hydrogens is 651 g/mol. The van der Waals surface area contributed by atoms with Crippen molar-refractivity contribution in [3.05, 3.63) is 188 Å². The van der Waals surface area contributed by atoms with E-state index in [1.807, 2.05) is 73.1 Å². The molecule has 5 aromatic heterocycles. The van der Waals surface area contributed by atoms with Gasteiger partial charge in [-0.05, 0) is 97.1 Å². The van der Waals surface area contributed by atoms with E-state index in [2.05, 4.69) is 135 Å². The number of rotatable bonds is 7. The monoisotopic (exact) mass is 681 g/mol. The van der Waals surface area contributed by atoms with Gasteiger partial charge in [0.2, 0.25) is 5.88 Å². The van der Waals surface area contributed by atoms with Crippen LogP contribution in [0.1, 0.15) is 0 Å². The van der Waals surface area contributed by atoms with Gasteiger partial charge in [0.15, 0.2) is 0 Å². The van der Waals surface area contributed by atoms with Gasteiger partial charge in [0.05, 0.1) is 33.5 Å². The molecule has 0 bridgehead atoms. The molecular formula is C47H31N5O. The lowest BCUT2D eigenvalue weighted by Gasteiger charge is -2.23. The first kappa shape index (κ1) is 30.5. The summed E-state index contributed by atoms with van der Waals surface area (Å²) in [5, 5.41) is 2.17. The van der Waals surface area contributed by atoms with Crippen molar-refractivity contribution in [1.82, 2.24) is 19.5 Å². The molecule has 5 aromatic carbocycles. The van der Waals surface area contributed by atoms with Crippen molar-refractivity contribution in [3.8, 4) is 39.5 Å². The number of furan rings is 1. The fourth-order valence-corrected chi connectivity index (χ4v) is 7.21. The summed E-state index contributed by atoms with van der Waals surface area (Å²) in [6, 6.07) is 60.3. The predicted molar refractivity (Wildman–Crippen MR) is 215 cm³/mol. The van der Waals surface area contributed by atoms with Crippen molar-refractivity contribution in [2.24, 2.45) is 0 Å². The van der Waals surface area contributed by atoms with E-state index in [-0.39, 0.29) is 0 Å². The molecule has 0 unspecified atom stereocenters. The van der Waals surface area contributed by atoms with Gasteiger partial charge in [-0.2, -0.15) is 0 Å². The minimum atomic E-state index is 0.687. The number of fused-ring (bicyclic) bond motifs is 4. The van der Waals surface area contributed by atoms with Crippen molar-refractivity contribution in [2.45, 2.75) is 0 Å². The largest absolute Gasteiger partial charge is 0.440 e. The highest BCUT2D eigenvalue weighted by Crippen LogP contribution is 2.41. The summed E-state index contributed by atoms with van der Waals surface area (Å²) in [5.41, 5.74) is 11.9. The van der Waals surface area contributed by atoms with E-state index < -0.39 is 0 Å². The maximum Gasteiger partial charge on any atom is 0.205 e. The molecule has 0 saturated heterocycles. The second-order valence-corrected chi connectivity index (χ2v) is 13.0. The van der Waals surface area contributed by atoms with Gasteiger partial charge in [-0.25, -0.2) is 4.98 Å². The maximum atomic E-state index is 6.82. The van der Waals surface area contributed by atoms with Gasteiger partial charge in [0.1, 0.15) is 5.76 Å². The highest BCUT2D eigenvalue weighted by atomic mass is 16.4. The average Bonchev–Trinajstić information content (AvgIpc) is 3.84. The Balaban J connectivity index is 1.12. The van der Waals surface area contributed by atoms with Gasteiger partial charge in [0.25, 0.3) is 0 Å². The van der Waals surface area contributed by atoms with Crippen LogP contribution in [-0.4, -0.2) is 19.5 Å². The molecule has 0 atom stereocenters. The third kappa shape index (κ3) is 5.50. The Hall–Kier alpha value is -7.31. The zero-order valence-corrected chi connectivity index (χ0v) is 28.5. The van der Waals surface area contributed by atoms with Crippen LogP contribution in [0.4, 0.5) is 17.3 Å². The van der Waals surface area contributed by atoms with Crippen LogP contribution in [0.2, 0.25) is 0 Å². The molecule has 0 fully saturated rings. The Morgan fingerprint density at radius 1 is 0.491 bits per heavy atom. The van der Waals surface area contributed by atoms with E-state index in [0.29, 0.717) is 5.88 Å². The molecule has 0 saturated carbocycles. The summed E-state index contributed by atoms with van der Waals surface area (Å²) in [4.78, 5) is 16.6. The molecule has 0 aliphatic carbocycles. The SMILES string of the molecule is c1ccc(-n2c3ccc(-c4ccc(N(c5cccc(-c6ccccn6)c5)c5cccc(-c6ccccn6)c5)o4)cc3c3nc4ccccc4cc32)cc1. The van der Waals surface area contributed by atoms with Gasteiger partial charge >= 0.3 is 0 Å². The molecule has 0 spiro atoms. The topological polar surface area (TPSA) is 60.0 Å². The van der Waals surface area contributed by atoms with Gasteiger partial charge in [-0.3, -0.25) is 14.9 Å². The van der Waals surface area contributed by atoms with Crippen LogP contribution in [0.25, 0.3) is 72.4 Å². The first-order valence-electron chi connectivity index (χ1n) is 17.6. The Labute approximate surface area is 305 Å². The van der Waals surface area contributed by atoms with Crippen molar-refractivity contribution < 1.29 is 4.42 Å². The average molecular weight is 682 g/mol. The third-order valence-corrected chi connectivity index (χ3v) is 9.68. The Morgan fingerprint density at radius 3 is 1.87 bits per heavy atom. The number of pyridine rings is 3. The number of anilines is 3. The van der Waals surface area contributed by atoms with E-state index in [1.165, 1.54) is 0 Å². The fourth-order valence-electron chi connectivity index (χ4n) is 7.21. The lowest BCUT2D eigenvalue weighted by atomic mass is 10.1. The van der Waals surface area contributed by atoms with Crippen LogP contribution in [0.5, 0.6) is 0 Å². The summed E-state index contributed by atoms with van der Waals surface area (Å²) in [6.45, 7) is 0. The molecule has 53 heavy (non-hydrogen) atoms. The van der Waals surface area contributed by atoms with Crippen molar-refractivity contribution >= 4 is 50.1 Å². The first-order valence-corrected chi connectivity index (χ1v) is 17.6. The molecule has 0 aliphatic heterocycles. The van der Waals surface area contributed by atoms with Gasteiger partial charge in [-0.1, -0.05) is 72.8 Å². The maximum absolute atomic E-state index is 6.82. The highest BCUT2D eigenvalue weighted by Gasteiger charge is 2.20. The van der Waals surface area contributed by atoms with Crippen LogP contribution in [-0.2, 0) is 0 Å². The first-order chi connectivity index (χ1) is 26.3. The number of hydrogen-bond donors (Lipinski definition) is 0. The summed E-state index contributed by atoms with van der Waals surface area (Å²) in [6.07, 6.45) is 3.64. The molecule has 0 amide bonds. The number of benzene rings is 5. The minimum absolute atomic E-state index is 0.687. The van der Waals surface area contributed by atoms with Crippen molar-refractivity contribution in [2.75, 3.05) is 4.90 Å². The third-order valence-electron chi connectivity index (χ3n) is 9.68. The summed E-state index contributed by atoms with van der Waals surface area (Å²) >= 11 is 0. The van der Waals surface area contributed by atoms with E-state index >= 15 is 0 Å². The molecule has 250 valence electrons. The lowest BCUT2D eigenvalue weighted by Crippen LogP contribution is -2.09. The van der Waals surface area contributed by atoms with Crippen LogP contribution in [0, 0.1) is 0 Å². The molecule has 6 heteroatoms. The van der Waals surface area contributed by atoms with Crippen LogP contribution in [0.15, 0.2) is 193 Å². The smallest absolute Gasteiger partial charge is 0.205 e. The lowest BCUT2D eigenvalue weighted by molar-refractivity contribution is 0.588. The summed E-state index contributed by atoms with van der Waals surface area (Å²) < 4.78 is 9.12.